The summed E-state index contributed by atoms with van der Waals surface area (Å²) < 4.78 is 49.5. The predicted octanol–water partition coefficient (Wildman–Crippen LogP) is 4.39. The molecule has 1 saturated heterocycles. The van der Waals surface area contributed by atoms with Crippen LogP contribution in [0, 0.1) is 5.92 Å². The van der Waals surface area contributed by atoms with Gasteiger partial charge in [0.25, 0.3) is 0 Å². The molecule has 3 heterocycles. The number of hydrogen-bond donors (Lipinski definition) is 0. The highest BCUT2D eigenvalue weighted by atomic mass is 32.1. The SMILES string of the molecule is FC(F)(F)c1c(CN2CCOCC2c2ccccc2)ccn2c(CC3CC3)nnc12.S. The maximum absolute atomic E-state index is 14.1. The van der Waals surface area contributed by atoms with Crippen LogP contribution in [-0.4, -0.2) is 39.3 Å². The van der Waals surface area contributed by atoms with E-state index >= 15 is 0 Å². The fraction of sp³-hybridized carbons (Fsp3) is 0.455. The van der Waals surface area contributed by atoms with Gasteiger partial charge in [0.15, 0.2) is 5.65 Å². The van der Waals surface area contributed by atoms with E-state index in [1.54, 1.807) is 12.3 Å². The molecule has 3 aromatic rings. The number of rotatable bonds is 5. The normalized spacial score (nSPS) is 20.0. The lowest BCUT2D eigenvalue weighted by Gasteiger charge is -2.36. The second-order valence-electron chi connectivity index (χ2n) is 8.14. The first-order valence-corrected chi connectivity index (χ1v) is 10.3. The summed E-state index contributed by atoms with van der Waals surface area (Å²) in [5, 5.41) is 8.03. The van der Waals surface area contributed by atoms with E-state index in [9.17, 15) is 13.2 Å². The molecule has 166 valence electrons. The van der Waals surface area contributed by atoms with Gasteiger partial charge in [0.05, 0.1) is 19.3 Å². The molecule has 0 N–H and O–H groups in total. The maximum atomic E-state index is 14.1. The number of benzene rings is 1. The summed E-state index contributed by atoms with van der Waals surface area (Å²) in [5.41, 5.74) is 0.488. The molecule has 5 rings (SSSR count). The molecule has 1 unspecified atom stereocenters. The highest BCUT2D eigenvalue weighted by Gasteiger charge is 2.39. The number of aromatic nitrogens is 3. The Morgan fingerprint density at radius 2 is 1.84 bits per heavy atom. The minimum Gasteiger partial charge on any atom is -0.378 e. The first-order chi connectivity index (χ1) is 14.5. The first kappa shape index (κ1) is 22.1. The molecule has 0 radical (unpaired) electrons. The Bertz CT molecular complexity index is 1040. The molecule has 5 nitrogen and oxygen atoms in total. The van der Waals surface area contributed by atoms with Crippen LogP contribution in [0.2, 0.25) is 0 Å². The summed E-state index contributed by atoms with van der Waals surface area (Å²) in [6.45, 7) is 1.72. The van der Waals surface area contributed by atoms with Gasteiger partial charge in [-0.05, 0) is 36.0 Å². The summed E-state index contributed by atoms with van der Waals surface area (Å²) in [5.74, 6) is 1.13. The van der Waals surface area contributed by atoms with Crippen LogP contribution in [0.5, 0.6) is 0 Å². The van der Waals surface area contributed by atoms with E-state index in [4.69, 9.17) is 4.74 Å². The number of alkyl halides is 3. The maximum Gasteiger partial charge on any atom is 0.420 e. The van der Waals surface area contributed by atoms with Crippen molar-refractivity contribution in [3.05, 3.63) is 65.1 Å². The van der Waals surface area contributed by atoms with Crippen molar-refractivity contribution in [2.24, 2.45) is 5.92 Å². The fourth-order valence-electron chi connectivity index (χ4n) is 4.23. The number of morpholine rings is 1. The predicted molar refractivity (Wildman–Crippen MR) is 115 cm³/mol. The molecule has 2 aliphatic rings. The van der Waals surface area contributed by atoms with Gasteiger partial charge < -0.3 is 4.74 Å². The van der Waals surface area contributed by atoms with E-state index in [2.05, 4.69) is 15.1 Å². The smallest absolute Gasteiger partial charge is 0.378 e. The molecular weight excluding hydrogens is 425 g/mol. The second-order valence-corrected chi connectivity index (χ2v) is 8.14. The van der Waals surface area contributed by atoms with Crippen molar-refractivity contribution in [3.63, 3.8) is 0 Å². The Balaban J connectivity index is 0.00000231. The van der Waals surface area contributed by atoms with Gasteiger partial charge in [0, 0.05) is 25.7 Å². The summed E-state index contributed by atoms with van der Waals surface area (Å²) in [6.07, 6.45) is 0.0806. The lowest BCUT2D eigenvalue weighted by Crippen LogP contribution is -2.39. The van der Waals surface area contributed by atoms with Crippen LogP contribution in [0.3, 0.4) is 0 Å². The van der Waals surface area contributed by atoms with Crippen LogP contribution < -0.4 is 0 Å². The third kappa shape index (κ3) is 4.58. The molecule has 9 heteroatoms. The Labute approximate surface area is 185 Å². The fourth-order valence-corrected chi connectivity index (χ4v) is 4.23. The minimum absolute atomic E-state index is 0. The van der Waals surface area contributed by atoms with E-state index < -0.39 is 11.7 Å². The van der Waals surface area contributed by atoms with Crippen LogP contribution in [0.1, 0.15) is 41.4 Å². The standard InChI is InChI=1S/C22H23F3N4O.H2S/c23-22(24,25)20-17(8-9-29-19(12-15-6-7-15)26-27-21(20)29)13-28-10-11-30-14-18(28)16-4-2-1-3-5-16;/h1-5,8-9,15,18H,6-7,10-14H2;1H2. The zero-order valence-electron chi connectivity index (χ0n) is 17.0. The molecule has 2 fully saturated rings. The quantitative estimate of drug-likeness (QED) is 0.578. The average Bonchev–Trinajstić information content (AvgIpc) is 3.47. The molecule has 1 aromatic carbocycles. The summed E-state index contributed by atoms with van der Waals surface area (Å²) in [6, 6.07) is 11.3. The molecule has 0 bridgehead atoms. The summed E-state index contributed by atoms with van der Waals surface area (Å²) >= 11 is 0. The summed E-state index contributed by atoms with van der Waals surface area (Å²) in [7, 11) is 0. The minimum atomic E-state index is -4.50. The number of nitrogens with zero attached hydrogens (tertiary/aromatic N) is 4. The summed E-state index contributed by atoms with van der Waals surface area (Å²) in [4.78, 5) is 2.06. The van der Waals surface area contributed by atoms with E-state index in [1.165, 1.54) is 4.40 Å². The zero-order chi connectivity index (χ0) is 20.7. The first-order valence-electron chi connectivity index (χ1n) is 10.3. The van der Waals surface area contributed by atoms with Crippen molar-refractivity contribution in [2.75, 3.05) is 19.8 Å². The second kappa shape index (κ2) is 8.80. The molecule has 1 aliphatic carbocycles. The van der Waals surface area contributed by atoms with Crippen molar-refractivity contribution in [3.8, 4) is 0 Å². The molecule has 0 amide bonds. The van der Waals surface area contributed by atoms with E-state index in [0.717, 1.165) is 18.4 Å². The van der Waals surface area contributed by atoms with Gasteiger partial charge in [-0.1, -0.05) is 30.3 Å². The number of pyridine rings is 1. The number of hydrogen-bond acceptors (Lipinski definition) is 4. The molecule has 31 heavy (non-hydrogen) atoms. The van der Waals surface area contributed by atoms with Crippen LogP contribution in [0.25, 0.3) is 5.65 Å². The molecule has 0 spiro atoms. The van der Waals surface area contributed by atoms with Gasteiger partial charge >= 0.3 is 6.18 Å². The van der Waals surface area contributed by atoms with Gasteiger partial charge in [-0.3, -0.25) is 9.30 Å². The Morgan fingerprint density at radius 3 is 2.55 bits per heavy atom. The van der Waals surface area contributed by atoms with Crippen molar-refractivity contribution in [1.29, 1.82) is 0 Å². The van der Waals surface area contributed by atoms with Crippen LogP contribution >= 0.6 is 13.5 Å². The lowest BCUT2D eigenvalue weighted by molar-refractivity contribution is -0.137. The van der Waals surface area contributed by atoms with Crippen molar-refractivity contribution in [1.82, 2.24) is 19.5 Å². The third-order valence-corrected chi connectivity index (χ3v) is 5.98. The van der Waals surface area contributed by atoms with Crippen molar-refractivity contribution >= 4 is 19.1 Å². The topological polar surface area (TPSA) is 42.7 Å². The van der Waals surface area contributed by atoms with Crippen LogP contribution in [0.15, 0.2) is 42.6 Å². The van der Waals surface area contributed by atoms with Crippen molar-refractivity contribution < 1.29 is 17.9 Å². The molecule has 1 atom stereocenters. The molecule has 2 aromatic heterocycles. The van der Waals surface area contributed by atoms with E-state index in [0.29, 0.717) is 37.9 Å². The molecular formula is C22H25F3N4OS. The highest BCUT2D eigenvalue weighted by molar-refractivity contribution is 7.59. The van der Waals surface area contributed by atoms with Gasteiger partial charge in [-0.2, -0.15) is 26.7 Å². The van der Waals surface area contributed by atoms with Crippen LogP contribution in [-0.2, 0) is 23.9 Å². The molecule has 1 saturated carbocycles. The third-order valence-electron chi connectivity index (χ3n) is 5.98. The van der Waals surface area contributed by atoms with Crippen LogP contribution in [0.4, 0.5) is 13.2 Å². The lowest BCUT2D eigenvalue weighted by atomic mass is 10.0. The average molecular weight is 451 g/mol. The number of fused-ring (bicyclic) bond motifs is 1. The van der Waals surface area contributed by atoms with E-state index in [-0.39, 0.29) is 37.3 Å². The zero-order valence-corrected chi connectivity index (χ0v) is 18.0. The van der Waals surface area contributed by atoms with E-state index in [1.807, 2.05) is 30.3 Å². The monoisotopic (exact) mass is 450 g/mol. The number of ether oxygens (including phenoxy) is 1. The van der Waals surface area contributed by atoms with Gasteiger partial charge in [-0.15, -0.1) is 10.2 Å². The Morgan fingerprint density at radius 1 is 1.06 bits per heavy atom. The van der Waals surface area contributed by atoms with Gasteiger partial charge in [0.1, 0.15) is 11.4 Å². The largest absolute Gasteiger partial charge is 0.420 e. The van der Waals surface area contributed by atoms with Crippen molar-refractivity contribution in [2.45, 2.75) is 38.0 Å². The Hall–Kier alpha value is -2.10. The Kier molecular flexibility index (Phi) is 6.27. The highest BCUT2D eigenvalue weighted by Crippen LogP contribution is 2.38. The number of halogens is 3. The molecule has 1 aliphatic heterocycles. The van der Waals surface area contributed by atoms with Gasteiger partial charge in [-0.25, -0.2) is 0 Å². The van der Waals surface area contributed by atoms with Gasteiger partial charge in [0.2, 0.25) is 0 Å².